The summed E-state index contributed by atoms with van der Waals surface area (Å²) in [4.78, 5) is 0. The van der Waals surface area contributed by atoms with Crippen LogP contribution >= 0.6 is 0 Å². The summed E-state index contributed by atoms with van der Waals surface area (Å²) in [5.74, 6) is 0. The molecule has 0 aromatic rings. The van der Waals surface area contributed by atoms with E-state index >= 15 is 0 Å². The van der Waals surface area contributed by atoms with E-state index in [0.717, 1.165) is 0 Å². The van der Waals surface area contributed by atoms with Crippen molar-refractivity contribution >= 4 is 387 Å². The molecule has 0 amide bonds. The summed E-state index contributed by atoms with van der Waals surface area (Å²) in [6.45, 7) is 0. The second kappa shape index (κ2) is 103. The second-order valence-electron chi connectivity index (χ2n) is 5.72. The Morgan fingerprint density at radius 1 is 0.116 bits per heavy atom. The van der Waals surface area contributed by atoms with Crippen molar-refractivity contribution in [3.8, 4) is 0 Å². The van der Waals surface area contributed by atoms with Gasteiger partial charge in [-0.05, 0) is 0 Å². The van der Waals surface area contributed by atoms with Gasteiger partial charge in [0.15, 0.2) is 0 Å². The Morgan fingerprint density at radius 2 is 0.116 bits per heavy atom. The molecule has 0 atom stereocenters. The van der Waals surface area contributed by atoms with E-state index in [2.05, 4.69) is 0 Å². The molecule has 86 heavy (non-hydrogen) atoms. The molecule has 4 radical (unpaired) electrons. The largest absolute Gasteiger partial charge is 2.00 e. The topological polar surface area (TPSA) is 1120 Å². The van der Waals surface area contributed by atoms with Gasteiger partial charge in [-0.15, -0.1) is 0 Å². The van der Waals surface area contributed by atoms with Crippen LogP contribution in [0.25, 0.3) is 0 Å². The van der Waals surface area contributed by atoms with Gasteiger partial charge in [0.05, 0.1) is 0 Å². The Labute approximate surface area is 921 Å². The molecule has 0 rings (SSSR count). The van der Waals surface area contributed by atoms with Crippen molar-refractivity contribution in [2.45, 2.75) is 0 Å². The van der Waals surface area contributed by atoms with E-state index in [1.54, 1.807) is 0 Å². The first-order chi connectivity index (χ1) is 28.0. The van der Waals surface area contributed by atoms with E-state index in [4.69, 9.17) is 223 Å². The molecule has 0 spiro atoms. The first-order valence-corrected chi connectivity index (χ1v) is 38.5. The van der Waals surface area contributed by atoms with Crippen LogP contribution in [0.5, 0.6) is 0 Å². The average Bonchev–Trinajstić information content (AvgIpc) is 2.60. The van der Waals surface area contributed by atoms with Crippen molar-refractivity contribution in [2.75, 3.05) is 0 Å². The fraction of sp³-hybridized carbons (Fsp3) is 0. The van der Waals surface area contributed by atoms with Crippen molar-refractivity contribution < 1.29 is 561 Å². The normalized spacial score (nSPS) is 9.44. The van der Waals surface area contributed by atoms with Gasteiger partial charge in [-0.3, -0.25) is 0 Å². The third-order valence-electron chi connectivity index (χ3n) is 0. The Balaban J connectivity index is -0.0000000138. The van der Waals surface area contributed by atoms with Gasteiger partial charge >= 0.3 is 948 Å². The summed E-state index contributed by atoms with van der Waals surface area (Å²) >= 11 is -80.5. The van der Waals surface area contributed by atoms with Crippen LogP contribution in [0.3, 0.4) is 0 Å². The summed E-state index contributed by atoms with van der Waals surface area (Å²) in [5, 5.41) is 0. The van der Waals surface area contributed by atoms with Crippen molar-refractivity contribution in [3.63, 3.8) is 0 Å². The monoisotopic (exact) mass is 2600 g/mol. The molecule has 86 heteroatoms. The zero-order chi connectivity index (χ0) is 63.0. The fourth-order valence-corrected chi connectivity index (χ4v) is 0. The summed E-state index contributed by atoms with van der Waals surface area (Å²) < 4.78 is 481. The molecule has 0 heterocycles. The van der Waals surface area contributed by atoms with Gasteiger partial charge in [0, 0.05) is 0 Å². The Kier molecular flexibility index (Phi) is 241. The summed E-state index contributed by atoms with van der Waals surface area (Å²) in [6.07, 6.45) is 0. The molecule has 0 aliphatic carbocycles. The number of rotatable bonds is 0. The van der Waals surface area contributed by atoms with Crippen LogP contribution in [0.1, 0.15) is 0 Å². The Morgan fingerprint density at radius 3 is 0.116 bits per heavy atom. The predicted molar refractivity (Wildman–Crippen MR) is 70.8 cm³/mol. The Hall–Kier alpha value is 17.8. The minimum Gasteiger partial charge on any atom is 2.00 e. The molecule has 0 unspecified atom stereocenters. The summed E-state index contributed by atoms with van der Waals surface area (Å²) in [6, 6.07) is 0. The van der Waals surface area contributed by atoms with Crippen molar-refractivity contribution in [3.05, 3.63) is 0 Å². The molecule has 0 aromatic carbocycles. The first-order valence-electron chi connectivity index (χ1n) is 9.33. The molecule has 0 aliphatic heterocycles. The zero-order valence-corrected chi connectivity index (χ0v) is 84.6. The van der Waals surface area contributed by atoms with Crippen molar-refractivity contribution in [2.24, 2.45) is 0 Å². The average molecular weight is 2600 g/mol. The summed E-state index contributed by atoms with van der Waals surface area (Å²) in [7, 11) is 0. The molecule has 56 nitrogen and oxygen atoms in total. The standard InChI is InChI=1S/18Cr.4K.56O.4Sr.4Zn.4H/q;;;;;;;;;;;;;;4*+3;;;;;;;;;;;;;;;;;;;;;;;;;;;;;;;;;28*-1;8*+2;;;;. The summed E-state index contributed by atoms with van der Waals surface area (Å²) in [5.41, 5.74) is 0. The maximum absolute atomic E-state index is 8.59. The van der Waals surface area contributed by atoms with Crippen LogP contribution in [0.2, 0.25) is 0 Å². The molecule has 0 saturated heterocycles. The van der Waals surface area contributed by atoms with Crippen LogP contribution in [-0.2, 0) is 444 Å². The van der Waals surface area contributed by atoms with E-state index in [1.165, 1.54) is 0 Å². The van der Waals surface area contributed by atoms with Gasteiger partial charge in [-0.1, -0.05) is 0 Å². The van der Waals surface area contributed by atoms with E-state index in [1.807, 2.05) is 0 Å². The molecule has 0 fully saturated rings. The van der Waals surface area contributed by atoms with Gasteiger partial charge in [-0.2, -0.15) is 0 Å². The Bertz CT molecular complexity index is 2090. The van der Waals surface area contributed by atoms with E-state index < -0.39 is 191 Å². The number of hydrogen-bond acceptors (Lipinski definition) is 56. The smallest absolute Gasteiger partial charge is 2.00 e. The third-order valence-corrected chi connectivity index (χ3v) is 0. The van der Waals surface area contributed by atoms with Gasteiger partial charge in [0.25, 0.3) is 0 Å². The first kappa shape index (κ1) is 201. The van der Waals surface area contributed by atoms with Crippen LogP contribution in [0.15, 0.2) is 0 Å². The van der Waals surface area contributed by atoms with Crippen LogP contribution < -0.4 is 116 Å². The van der Waals surface area contributed by atoms with E-state index in [9.17, 15) is 0 Å². The molecule has 0 bridgehead atoms. The van der Waals surface area contributed by atoms with E-state index in [0.29, 0.717) is 0 Å². The van der Waals surface area contributed by atoms with E-state index in [-0.39, 0.29) is 535 Å². The van der Waals surface area contributed by atoms with Crippen molar-refractivity contribution in [1.82, 2.24) is 0 Å². The fourth-order valence-electron chi connectivity index (χ4n) is 0. The third kappa shape index (κ3) is 3260. The van der Waals surface area contributed by atoms with Crippen LogP contribution in [-0.4, -0.2) is 387 Å². The van der Waals surface area contributed by atoms with Crippen molar-refractivity contribution in [1.29, 1.82) is 0 Å². The molecule has 0 aromatic heterocycles. The molecule has 0 N–H and O–H groups in total. The van der Waals surface area contributed by atoms with Crippen LogP contribution in [0.4, 0.5) is 0 Å². The molecule has 0 saturated carbocycles. The predicted octanol–water partition coefficient (Wildman–Crippen LogP) is -40.8. The molecule has 0 aliphatic rings. The van der Waals surface area contributed by atoms with Gasteiger partial charge in [0.1, 0.15) is 0 Å². The minimum absolute atomic E-state index is 0. The second-order valence-corrected chi connectivity index (χ2v) is 23.6. The molecule has 468 valence electrons. The molecular weight excluding hydrogens is 2600 g/mol. The number of hydrogen-bond donors (Lipinski definition) is 0. The maximum atomic E-state index is 8.59. The minimum atomic E-state index is -5.75. The van der Waals surface area contributed by atoms with Gasteiger partial charge in [0.2, 0.25) is 0 Å². The quantitative estimate of drug-likeness (QED) is 0.203. The van der Waals surface area contributed by atoms with Gasteiger partial charge < -0.3 is 0 Å². The SMILES string of the molecule is [Cr+3].[Cr+3].[Cr+3].[Cr+3].[KH].[KH].[KH].[KH].[O]=[Cr](=[O])([O-])[O-].[O]=[Cr](=[O])([O-])[O-].[O]=[Cr](=[O])([O-])[O-].[O]=[Cr](=[O])([O-])[O-].[O]=[Cr](=[O])([O-])[O-].[O]=[Cr](=[O])([O-])[O-].[O]=[Cr](=[O])([O-])[O-].[O]=[Cr](=[O])([O-])[O-].[O]=[Cr](=[O])([O-])[O-].[O]=[Cr](=[O])([O-])[O-].[O]=[Cr](=[O])([O-])[O-].[O]=[Cr](=[O])([O-])[O-].[O]=[Cr](=[O])([O-])[O-].[O]=[Cr](=[O])([O-])[O-].[Sr+2].[Sr+2].[Sr+2].[Sr+2].[Zn+2].[Zn+2].[Zn+2].[Zn+2]. The molecular formula is H4Cr18K4O56Sr4Zn4. The maximum Gasteiger partial charge on any atom is 2.00 e. The van der Waals surface area contributed by atoms with Gasteiger partial charge in [-0.25, -0.2) is 0 Å². The van der Waals surface area contributed by atoms with Crippen LogP contribution in [0, 0.1) is 0 Å². The zero-order valence-electron chi connectivity index (χ0n) is 35.9.